The number of amides is 1. The first-order valence-corrected chi connectivity index (χ1v) is 9.97. The van der Waals surface area contributed by atoms with Crippen molar-refractivity contribution in [1.82, 2.24) is 29.6 Å². The number of aryl methyl sites for hydroxylation is 1. The normalized spacial score (nSPS) is 16.9. The Morgan fingerprint density at radius 3 is 2.48 bits per heavy atom. The molecule has 0 bridgehead atoms. The average Bonchev–Trinajstić information content (AvgIpc) is 3.36. The first-order chi connectivity index (χ1) is 14.2. The second kappa shape index (κ2) is 7.27. The lowest BCUT2D eigenvalue weighted by atomic mass is 10.0. The molecular weight excluding hydrogens is 366 g/mol. The molecule has 1 fully saturated rings. The predicted molar refractivity (Wildman–Crippen MR) is 107 cm³/mol. The van der Waals surface area contributed by atoms with Crippen molar-refractivity contribution >= 4 is 11.9 Å². The fourth-order valence-corrected chi connectivity index (χ4v) is 4.17. The number of likely N-dealkylation sites (tertiary alicyclic amines) is 1. The fourth-order valence-electron chi connectivity index (χ4n) is 4.17. The summed E-state index contributed by atoms with van der Waals surface area (Å²) in [5, 5.41) is 4.67. The molecule has 8 nitrogen and oxygen atoms in total. The Morgan fingerprint density at radius 1 is 1.03 bits per heavy atom. The SMILES string of the molecule is Cc1cnc(N2Cc3cnn(C4CCN(C(=O)c5ccncc5)CC4)c3C2)nc1. The van der Waals surface area contributed by atoms with Gasteiger partial charge >= 0.3 is 0 Å². The van der Waals surface area contributed by atoms with Gasteiger partial charge in [-0.2, -0.15) is 5.10 Å². The first-order valence-electron chi connectivity index (χ1n) is 9.97. The van der Waals surface area contributed by atoms with Crippen LogP contribution in [0.4, 0.5) is 5.95 Å². The minimum atomic E-state index is 0.0826. The molecule has 0 N–H and O–H groups in total. The summed E-state index contributed by atoms with van der Waals surface area (Å²) in [5.41, 5.74) is 4.24. The number of carbonyl (C=O) groups excluding carboxylic acids is 1. The maximum Gasteiger partial charge on any atom is 0.253 e. The van der Waals surface area contributed by atoms with E-state index in [1.807, 2.05) is 30.4 Å². The zero-order chi connectivity index (χ0) is 19.8. The molecule has 1 saturated heterocycles. The molecule has 3 aromatic heterocycles. The van der Waals surface area contributed by atoms with Gasteiger partial charge in [0.15, 0.2) is 0 Å². The number of piperidine rings is 1. The molecule has 0 radical (unpaired) electrons. The molecule has 5 heterocycles. The number of hydrogen-bond acceptors (Lipinski definition) is 6. The molecule has 2 aliphatic heterocycles. The van der Waals surface area contributed by atoms with Crippen LogP contribution in [0.15, 0.2) is 43.1 Å². The number of anilines is 1. The monoisotopic (exact) mass is 389 g/mol. The van der Waals surface area contributed by atoms with Gasteiger partial charge in [0, 0.05) is 55.5 Å². The van der Waals surface area contributed by atoms with Crippen molar-refractivity contribution < 1.29 is 4.79 Å². The second-order valence-electron chi connectivity index (χ2n) is 7.74. The molecule has 29 heavy (non-hydrogen) atoms. The van der Waals surface area contributed by atoms with Crippen molar-refractivity contribution in [2.45, 2.75) is 38.9 Å². The highest BCUT2D eigenvalue weighted by atomic mass is 16.2. The molecule has 8 heteroatoms. The van der Waals surface area contributed by atoms with E-state index in [-0.39, 0.29) is 5.91 Å². The van der Waals surface area contributed by atoms with E-state index in [0.717, 1.165) is 50.5 Å². The predicted octanol–water partition coefficient (Wildman–Crippen LogP) is 2.37. The van der Waals surface area contributed by atoms with Crippen LogP contribution in [0.1, 0.15) is 46.1 Å². The molecule has 148 valence electrons. The van der Waals surface area contributed by atoms with E-state index < -0.39 is 0 Å². The third kappa shape index (κ3) is 3.35. The van der Waals surface area contributed by atoms with E-state index in [0.29, 0.717) is 11.6 Å². The Balaban J connectivity index is 1.26. The van der Waals surface area contributed by atoms with Gasteiger partial charge in [0.2, 0.25) is 5.95 Å². The van der Waals surface area contributed by atoms with Crippen molar-refractivity contribution in [2.75, 3.05) is 18.0 Å². The highest BCUT2D eigenvalue weighted by molar-refractivity contribution is 5.94. The highest BCUT2D eigenvalue weighted by Crippen LogP contribution is 2.31. The van der Waals surface area contributed by atoms with Crippen LogP contribution < -0.4 is 4.90 Å². The Hall–Kier alpha value is -3.29. The maximum atomic E-state index is 12.7. The van der Waals surface area contributed by atoms with E-state index in [2.05, 4.69) is 29.6 Å². The Kier molecular flexibility index (Phi) is 4.46. The van der Waals surface area contributed by atoms with Crippen LogP contribution in [0.5, 0.6) is 0 Å². The molecule has 5 rings (SSSR count). The van der Waals surface area contributed by atoms with Crippen LogP contribution in [0.25, 0.3) is 0 Å². The molecule has 0 aromatic carbocycles. The second-order valence-corrected chi connectivity index (χ2v) is 7.74. The van der Waals surface area contributed by atoms with Gasteiger partial charge in [-0.1, -0.05) is 0 Å². The number of pyridine rings is 1. The molecule has 0 atom stereocenters. The quantitative estimate of drug-likeness (QED) is 0.684. The van der Waals surface area contributed by atoms with Crippen molar-refractivity contribution in [3.63, 3.8) is 0 Å². The zero-order valence-corrected chi connectivity index (χ0v) is 16.4. The molecule has 2 aliphatic rings. The minimum Gasteiger partial charge on any atom is -0.338 e. The van der Waals surface area contributed by atoms with Crippen LogP contribution >= 0.6 is 0 Å². The molecule has 0 spiro atoms. The minimum absolute atomic E-state index is 0.0826. The summed E-state index contributed by atoms with van der Waals surface area (Å²) < 4.78 is 2.16. The highest BCUT2D eigenvalue weighted by Gasteiger charge is 2.31. The van der Waals surface area contributed by atoms with Gasteiger partial charge in [-0.15, -0.1) is 0 Å². The summed E-state index contributed by atoms with van der Waals surface area (Å²) in [4.78, 5) is 29.7. The smallest absolute Gasteiger partial charge is 0.253 e. The molecular formula is C21H23N7O. The van der Waals surface area contributed by atoms with Crippen molar-refractivity contribution in [1.29, 1.82) is 0 Å². The van der Waals surface area contributed by atoms with E-state index in [1.54, 1.807) is 24.5 Å². The summed E-state index contributed by atoms with van der Waals surface area (Å²) in [6, 6.07) is 3.87. The lowest BCUT2D eigenvalue weighted by molar-refractivity contribution is 0.0689. The van der Waals surface area contributed by atoms with Crippen molar-refractivity contribution in [2.24, 2.45) is 0 Å². The Morgan fingerprint density at radius 2 is 1.76 bits per heavy atom. The number of carbonyl (C=O) groups is 1. The summed E-state index contributed by atoms with van der Waals surface area (Å²) in [7, 11) is 0. The van der Waals surface area contributed by atoms with E-state index in [1.165, 1.54) is 11.3 Å². The van der Waals surface area contributed by atoms with E-state index in [4.69, 9.17) is 0 Å². The first kappa shape index (κ1) is 17.8. The molecule has 1 amide bonds. The van der Waals surface area contributed by atoms with Crippen molar-refractivity contribution in [3.8, 4) is 0 Å². The van der Waals surface area contributed by atoms with Crippen LogP contribution in [-0.2, 0) is 13.1 Å². The number of hydrogen-bond donors (Lipinski definition) is 0. The van der Waals surface area contributed by atoms with Gasteiger partial charge < -0.3 is 9.80 Å². The zero-order valence-electron chi connectivity index (χ0n) is 16.4. The van der Waals surface area contributed by atoms with Gasteiger partial charge in [0.1, 0.15) is 0 Å². The third-order valence-corrected chi connectivity index (χ3v) is 5.76. The van der Waals surface area contributed by atoms with Crippen LogP contribution in [0, 0.1) is 6.92 Å². The Labute approximate surface area is 169 Å². The fraction of sp³-hybridized carbons (Fsp3) is 0.381. The molecule has 3 aromatic rings. The van der Waals surface area contributed by atoms with Gasteiger partial charge in [0.25, 0.3) is 5.91 Å². The average molecular weight is 389 g/mol. The summed E-state index contributed by atoms with van der Waals surface area (Å²) in [6.45, 7) is 5.04. The van der Waals surface area contributed by atoms with Crippen LogP contribution in [0.2, 0.25) is 0 Å². The van der Waals surface area contributed by atoms with Gasteiger partial charge in [-0.05, 0) is 37.5 Å². The maximum absolute atomic E-state index is 12.7. The lowest BCUT2D eigenvalue weighted by Crippen LogP contribution is -2.39. The summed E-state index contributed by atoms with van der Waals surface area (Å²) >= 11 is 0. The van der Waals surface area contributed by atoms with Crippen LogP contribution in [0.3, 0.4) is 0 Å². The summed E-state index contributed by atoms with van der Waals surface area (Å²) in [6.07, 6.45) is 10.8. The van der Waals surface area contributed by atoms with Crippen molar-refractivity contribution in [3.05, 3.63) is 65.5 Å². The van der Waals surface area contributed by atoms with E-state index >= 15 is 0 Å². The summed E-state index contributed by atoms with van der Waals surface area (Å²) in [5.74, 6) is 0.843. The van der Waals surface area contributed by atoms with Gasteiger partial charge in [-0.3, -0.25) is 14.5 Å². The van der Waals surface area contributed by atoms with E-state index in [9.17, 15) is 4.79 Å². The topological polar surface area (TPSA) is 80.0 Å². The van der Waals surface area contributed by atoms with Gasteiger partial charge in [-0.25, -0.2) is 9.97 Å². The van der Waals surface area contributed by atoms with Crippen LogP contribution in [-0.4, -0.2) is 48.6 Å². The number of rotatable bonds is 3. The molecule has 0 aliphatic carbocycles. The number of fused-ring (bicyclic) bond motifs is 1. The number of nitrogens with zero attached hydrogens (tertiary/aromatic N) is 7. The standard InChI is InChI=1S/C21H23N7O/c1-15-10-23-21(24-11-15)27-13-17-12-25-28(19(17)14-27)18-4-8-26(9-5-18)20(29)16-2-6-22-7-3-16/h2-3,6-7,10-12,18H,4-5,8-9,13-14H2,1H3. The van der Waals surface area contributed by atoms with Gasteiger partial charge in [0.05, 0.1) is 24.5 Å². The lowest BCUT2D eigenvalue weighted by Gasteiger charge is -2.33. The number of aromatic nitrogens is 5. The molecule has 0 unspecified atom stereocenters. The Bertz CT molecular complexity index is 1010. The molecule has 0 saturated carbocycles. The largest absolute Gasteiger partial charge is 0.338 e. The third-order valence-electron chi connectivity index (χ3n) is 5.76.